The number of hydrogen-bond donors (Lipinski definition) is 2. The average Bonchev–Trinajstić information content (AvgIpc) is 3.24. The van der Waals surface area contributed by atoms with Gasteiger partial charge in [0.25, 0.3) is 11.8 Å². The molecule has 1 heterocycles. The van der Waals surface area contributed by atoms with E-state index in [1.165, 1.54) is 0 Å². The molecule has 0 bridgehead atoms. The molecule has 158 valence electrons. The second-order valence-corrected chi connectivity index (χ2v) is 7.42. The number of halogens is 1. The van der Waals surface area contributed by atoms with E-state index in [9.17, 15) is 14.4 Å². The lowest BCUT2D eigenvalue weighted by molar-refractivity contribution is -0.125. The first-order chi connectivity index (χ1) is 14.5. The van der Waals surface area contributed by atoms with E-state index >= 15 is 0 Å². The molecule has 0 aromatic heterocycles. The third-order valence-electron chi connectivity index (χ3n) is 4.92. The Hall–Kier alpha value is -2.90. The Morgan fingerprint density at radius 3 is 2.40 bits per heavy atom. The first-order valence-corrected chi connectivity index (χ1v) is 10.1. The molecule has 2 aromatic rings. The number of ether oxygens (including phenoxy) is 1. The maximum Gasteiger partial charge on any atom is 0.255 e. The number of nitrogens with one attached hydrogen (secondary N) is 2. The quantitative estimate of drug-likeness (QED) is 0.662. The Morgan fingerprint density at radius 1 is 1.07 bits per heavy atom. The number of amides is 3. The van der Waals surface area contributed by atoms with Crippen molar-refractivity contribution in [1.82, 2.24) is 10.2 Å². The Kier molecular flexibility index (Phi) is 7.43. The van der Waals surface area contributed by atoms with Gasteiger partial charge in [-0.3, -0.25) is 14.4 Å². The summed E-state index contributed by atoms with van der Waals surface area (Å²) >= 11 is 5.84. The van der Waals surface area contributed by atoms with E-state index in [0.29, 0.717) is 48.0 Å². The minimum absolute atomic E-state index is 0.162. The molecule has 1 atom stereocenters. The summed E-state index contributed by atoms with van der Waals surface area (Å²) in [4.78, 5) is 39.2. The Balaban J connectivity index is 1.62. The molecule has 0 radical (unpaired) electrons. The number of benzene rings is 2. The normalized spacial score (nSPS) is 15.7. The predicted octanol–water partition coefficient (Wildman–Crippen LogP) is 2.96. The Labute approximate surface area is 180 Å². The highest BCUT2D eigenvalue weighted by atomic mass is 35.5. The molecule has 3 amide bonds. The lowest BCUT2D eigenvalue weighted by Gasteiger charge is -2.24. The van der Waals surface area contributed by atoms with Crippen LogP contribution in [0, 0.1) is 0 Å². The number of anilines is 1. The van der Waals surface area contributed by atoms with Crippen LogP contribution in [0.1, 0.15) is 33.6 Å². The standard InChI is InChI=1S/C22H24ClN3O4/c1-30-14-12-24-21(28)19-3-2-13-26(19)22(29)16-6-10-18(11-7-16)25-20(27)15-4-8-17(23)9-5-15/h4-11,19H,2-3,12-14H2,1H3,(H,24,28)(H,25,27). The van der Waals surface area contributed by atoms with Crippen LogP contribution < -0.4 is 10.6 Å². The fourth-order valence-electron chi connectivity index (χ4n) is 3.34. The van der Waals surface area contributed by atoms with E-state index in [1.54, 1.807) is 60.5 Å². The molecule has 1 unspecified atom stereocenters. The van der Waals surface area contributed by atoms with Gasteiger partial charge in [0.2, 0.25) is 5.91 Å². The van der Waals surface area contributed by atoms with Crippen molar-refractivity contribution in [2.45, 2.75) is 18.9 Å². The third kappa shape index (κ3) is 5.37. The molecule has 0 spiro atoms. The van der Waals surface area contributed by atoms with Crippen LogP contribution in [0.5, 0.6) is 0 Å². The summed E-state index contributed by atoms with van der Waals surface area (Å²) in [5.41, 5.74) is 1.52. The zero-order chi connectivity index (χ0) is 21.5. The fraction of sp³-hybridized carbons (Fsp3) is 0.318. The molecule has 0 saturated carbocycles. The van der Waals surface area contributed by atoms with Crippen molar-refractivity contribution in [2.75, 3.05) is 32.1 Å². The molecule has 3 rings (SSSR count). The number of methoxy groups -OCH3 is 1. The molecule has 2 N–H and O–H groups in total. The van der Waals surface area contributed by atoms with Crippen molar-refractivity contribution in [1.29, 1.82) is 0 Å². The number of carbonyl (C=O) groups excluding carboxylic acids is 3. The maximum atomic E-state index is 12.9. The molecule has 2 aromatic carbocycles. The summed E-state index contributed by atoms with van der Waals surface area (Å²) in [6, 6.07) is 12.7. The van der Waals surface area contributed by atoms with Gasteiger partial charge in [-0.1, -0.05) is 11.6 Å². The topological polar surface area (TPSA) is 87.7 Å². The number of carbonyl (C=O) groups is 3. The van der Waals surface area contributed by atoms with Gasteiger partial charge in [-0.05, 0) is 61.4 Å². The molecule has 1 aliphatic heterocycles. The highest BCUT2D eigenvalue weighted by Gasteiger charge is 2.34. The first kappa shape index (κ1) is 21.8. The minimum atomic E-state index is -0.473. The molecule has 7 nitrogen and oxygen atoms in total. The summed E-state index contributed by atoms with van der Waals surface area (Å²) in [7, 11) is 1.57. The van der Waals surface area contributed by atoms with Crippen LogP contribution in [-0.2, 0) is 9.53 Å². The summed E-state index contributed by atoms with van der Waals surface area (Å²) in [5.74, 6) is -0.627. The Bertz CT molecular complexity index is 900. The fourth-order valence-corrected chi connectivity index (χ4v) is 3.47. The van der Waals surface area contributed by atoms with Crippen molar-refractivity contribution < 1.29 is 19.1 Å². The number of rotatable bonds is 7. The molecule has 1 fully saturated rings. The number of nitrogens with zero attached hydrogens (tertiary/aromatic N) is 1. The minimum Gasteiger partial charge on any atom is -0.383 e. The van der Waals surface area contributed by atoms with Gasteiger partial charge in [-0.2, -0.15) is 0 Å². The number of hydrogen-bond acceptors (Lipinski definition) is 4. The largest absolute Gasteiger partial charge is 0.383 e. The van der Waals surface area contributed by atoms with E-state index < -0.39 is 6.04 Å². The summed E-state index contributed by atoms with van der Waals surface area (Å²) in [5, 5.41) is 6.14. The van der Waals surface area contributed by atoms with Crippen LogP contribution in [0.25, 0.3) is 0 Å². The zero-order valence-corrected chi connectivity index (χ0v) is 17.4. The third-order valence-corrected chi connectivity index (χ3v) is 5.17. The molecule has 1 aliphatic rings. The smallest absolute Gasteiger partial charge is 0.255 e. The van der Waals surface area contributed by atoms with Crippen LogP contribution in [0.2, 0.25) is 5.02 Å². The van der Waals surface area contributed by atoms with Gasteiger partial charge < -0.3 is 20.3 Å². The van der Waals surface area contributed by atoms with Crippen LogP contribution >= 0.6 is 11.6 Å². The SMILES string of the molecule is COCCNC(=O)C1CCCN1C(=O)c1ccc(NC(=O)c2ccc(Cl)cc2)cc1. The van der Waals surface area contributed by atoms with Gasteiger partial charge in [-0.25, -0.2) is 0 Å². The van der Waals surface area contributed by atoms with Crippen LogP contribution in [-0.4, -0.2) is 55.5 Å². The van der Waals surface area contributed by atoms with E-state index in [1.807, 2.05) is 0 Å². The summed E-state index contributed by atoms with van der Waals surface area (Å²) in [6.45, 7) is 1.38. The second kappa shape index (κ2) is 10.2. The van der Waals surface area contributed by atoms with Gasteiger partial charge in [0, 0.05) is 42.0 Å². The van der Waals surface area contributed by atoms with Gasteiger partial charge >= 0.3 is 0 Å². The van der Waals surface area contributed by atoms with Crippen LogP contribution in [0.15, 0.2) is 48.5 Å². The average molecular weight is 430 g/mol. The van der Waals surface area contributed by atoms with Crippen LogP contribution in [0.4, 0.5) is 5.69 Å². The molecule has 30 heavy (non-hydrogen) atoms. The second-order valence-electron chi connectivity index (χ2n) is 6.98. The summed E-state index contributed by atoms with van der Waals surface area (Å²) < 4.78 is 4.94. The maximum absolute atomic E-state index is 12.9. The van der Waals surface area contributed by atoms with Crippen molar-refractivity contribution in [3.05, 3.63) is 64.7 Å². The van der Waals surface area contributed by atoms with Gasteiger partial charge in [-0.15, -0.1) is 0 Å². The predicted molar refractivity (Wildman–Crippen MR) is 115 cm³/mol. The Morgan fingerprint density at radius 2 is 1.73 bits per heavy atom. The van der Waals surface area contributed by atoms with Gasteiger partial charge in [0.1, 0.15) is 6.04 Å². The summed E-state index contributed by atoms with van der Waals surface area (Å²) in [6.07, 6.45) is 1.42. The number of likely N-dealkylation sites (tertiary alicyclic amines) is 1. The van der Waals surface area contributed by atoms with E-state index in [4.69, 9.17) is 16.3 Å². The molecular weight excluding hydrogens is 406 g/mol. The highest BCUT2D eigenvalue weighted by Crippen LogP contribution is 2.21. The van der Waals surface area contributed by atoms with Crippen molar-refractivity contribution in [3.8, 4) is 0 Å². The highest BCUT2D eigenvalue weighted by molar-refractivity contribution is 6.30. The molecule has 8 heteroatoms. The molecule has 1 saturated heterocycles. The zero-order valence-electron chi connectivity index (χ0n) is 16.7. The lowest BCUT2D eigenvalue weighted by Crippen LogP contribution is -2.46. The van der Waals surface area contributed by atoms with Crippen LogP contribution in [0.3, 0.4) is 0 Å². The van der Waals surface area contributed by atoms with Crippen molar-refractivity contribution in [2.24, 2.45) is 0 Å². The monoisotopic (exact) mass is 429 g/mol. The van der Waals surface area contributed by atoms with E-state index in [-0.39, 0.29) is 17.7 Å². The van der Waals surface area contributed by atoms with Gasteiger partial charge in [0.15, 0.2) is 0 Å². The molecular formula is C22H24ClN3O4. The molecule has 0 aliphatic carbocycles. The van der Waals surface area contributed by atoms with Crippen molar-refractivity contribution in [3.63, 3.8) is 0 Å². The lowest BCUT2D eigenvalue weighted by atomic mass is 10.1. The van der Waals surface area contributed by atoms with E-state index in [0.717, 1.165) is 6.42 Å². The van der Waals surface area contributed by atoms with Gasteiger partial charge in [0.05, 0.1) is 6.61 Å². The van der Waals surface area contributed by atoms with Crippen molar-refractivity contribution >= 4 is 35.0 Å². The van der Waals surface area contributed by atoms with E-state index in [2.05, 4.69) is 10.6 Å². The first-order valence-electron chi connectivity index (χ1n) is 9.74.